The summed E-state index contributed by atoms with van der Waals surface area (Å²) in [6, 6.07) is 8.27. The topological polar surface area (TPSA) is 56.6 Å². The van der Waals surface area contributed by atoms with E-state index in [1.54, 1.807) is 4.90 Å². The number of ether oxygens (including phenoxy) is 1. The molecule has 0 aromatic heterocycles. The summed E-state index contributed by atoms with van der Waals surface area (Å²) in [5, 5.41) is 8.00. The number of hydrogen-bond acceptors (Lipinski definition) is 4. The first-order valence-electron chi connectivity index (χ1n) is 9.77. The lowest BCUT2D eigenvalue weighted by Gasteiger charge is -2.40. The standard InChI is InChI=1S/C21H32ClN3O2/c1-21(2,3)27-20(26)25-15-13-24(14-16-25)19(11-5-4-8-12-23)17-9-6-7-10-18(17)22/h6-7,9-10,12,19,23H,4-5,8,11,13-16H2,1-3H3. The first-order valence-corrected chi connectivity index (χ1v) is 10.1. The minimum atomic E-state index is -0.469. The van der Waals surface area contributed by atoms with E-state index in [0.717, 1.165) is 49.4 Å². The van der Waals surface area contributed by atoms with Gasteiger partial charge in [-0.25, -0.2) is 4.79 Å². The van der Waals surface area contributed by atoms with Crippen molar-refractivity contribution in [1.82, 2.24) is 9.80 Å². The highest BCUT2D eigenvalue weighted by Gasteiger charge is 2.30. The molecule has 0 aliphatic carbocycles. The molecule has 5 nitrogen and oxygen atoms in total. The van der Waals surface area contributed by atoms with Crippen molar-refractivity contribution in [3.63, 3.8) is 0 Å². The number of piperazine rings is 1. The Hall–Kier alpha value is -1.59. The number of nitrogens with zero attached hydrogens (tertiary/aromatic N) is 2. The summed E-state index contributed by atoms with van der Waals surface area (Å²) in [4.78, 5) is 16.5. The zero-order chi connectivity index (χ0) is 19.9. The quantitative estimate of drug-likeness (QED) is 0.515. The van der Waals surface area contributed by atoms with E-state index in [1.165, 1.54) is 6.21 Å². The van der Waals surface area contributed by atoms with Crippen LogP contribution in [0.2, 0.25) is 5.02 Å². The molecule has 1 aromatic rings. The summed E-state index contributed by atoms with van der Waals surface area (Å²) in [7, 11) is 0. The van der Waals surface area contributed by atoms with Gasteiger partial charge in [0, 0.05) is 37.2 Å². The van der Waals surface area contributed by atoms with E-state index < -0.39 is 5.60 Å². The summed E-state index contributed by atoms with van der Waals surface area (Å²) < 4.78 is 5.49. The fourth-order valence-corrected chi connectivity index (χ4v) is 3.67. The molecule has 1 atom stereocenters. The molecule has 27 heavy (non-hydrogen) atoms. The van der Waals surface area contributed by atoms with Crippen LogP contribution < -0.4 is 0 Å². The number of amides is 1. The van der Waals surface area contributed by atoms with E-state index in [1.807, 2.05) is 39.0 Å². The summed E-state index contributed by atoms with van der Waals surface area (Å²) in [5.74, 6) is 0. The Kier molecular flexibility index (Phi) is 8.11. The third-order valence-electron chi connectivity index (χ3n) is 4.75. The predicted octanol–water partition coefficient (Wildman–Crippen LogP) is 5.14. The van der Waals surface area contributed by atoms with Crippen LogP contribution >= 0.6 is 11.6 Å². The molecular weight excluding hydrogens is 362 g/mol. The molecule has 1 aliphatic rings. The Morgan fingerprint density at radius 1 is 1.22 bits per heavy atom. The van der Waals surface area contributed by atoms with Crippen LogP contribution in [-0.4, -0.2) is 53.9 Å². The second-order valence-electron chi connectivity index (χ2n) is 8.03. The number of unbranched alkanes of at least 4 members (excludes halogenated alkanes) is 2. The van der Waals surface area contributed by atoms with Gasteiger partial charge in [0.15, 0.2) is 0 Å². The average Bonchev–Trinajstić information content (AvgIpc) is 2.62. The lowest BCUT2D eigenvalue weighted by atomic mass is 9.98. The number of benzene rings is 1. The molecule has 0 bridgehead atoms. The van der Waals surface area contributed by atoms with Crippen LogP contribution in [0.1, 0.15) is 58.1 Å². The Morgan fingerprint density at radius 2 is 1.89 bits per heavy atom. The maximum absolute atomic E-state index is 12.3. The van der Waals surface area contributed by atoms with Gasteiger partial charge in [0.2, 0.25) is 0 Å². The predicted molar refractivity (Wildman–Crippen MR) is 111 cm³/mol. The Labute approximate surface area is 168 Å². The third-order valence-corrected chi connectivity index (χ3v) is 5.09. The molecule has 1 heterocycles. The van der Waals surface area contributed by atoms with Gasteiger partial charge in [0.25, 0.3) is 0 Å². The van der Waals surface area contributed by atoms with Crippen LogP contribution in [0.15, 0.2) is 24.3 Å². The monoisotopic (exact) mass is 393 g/mol. The van der Waals surface area contributed by atoms with E-state index in [4.69, 9.17) is 21.7 Å². The molecule has 2 rings (SSSR count). The molecule has 1 aromatic carbocycles. The lowest BCUT2D eigenvalue weighted by Crippen LogP contribution is -2.50. The molecule has 1 fully saturated rings. The SMILES string of the molecule is CC(C)(C)OC(=O)N1CCN(C(CCCCC=N)c2ccccc2Cl)CC1. The number of nitrogens with one attached hydrogen (secondary N) is 1. The minimum Gasteiger partial charge on any atom is -0.444 e. The van der Waals surface area contributed by atoms with Gasteiger partial charge in [-0.2, -0.15) is 0 Å². The van der Waals surface area contributed by atoms with Crippen molar-refractivity contribution in [3.8, 4) is 0 Å². The molecule has 1 saturated heterocycles. The van der Waals surface area contributed by atoms with Crippen molar-refractivity contribution in [3.05, 3.63) is 34.9 Å². The molecule has 150 valence electrons. The molecule has 6 heteroatoms. The van der Waals surface area contributed by atoms with Crippen molar-refractivity contribution in [2.75, 3.05) is 26.2 Å². The second kappa shape index (κ2) is 10.1. The molecule has 0 saturated carbocycles. The first-order chi connectivity index (χ1) is 12.8. The smallest absolute Gasteiger partial charge is 0.410 e. The van der Waals surface area contributed by atoms with Crippen molar-refractivity contribution < 1.29 is 9.53 Å². The lowest BCUT2D eigenvalue weighted by molar-refractivity contribution is 0.00961. The Balaban J connectivity index is 2.01. The van der Waals surface area contributed by atoms with Gasteiger partial charge < -0.3 is 15.0 Å². The summed E-state index contributed by atoms with van der Waals surface area (Å²) in [5.41, 5.74) is 0.683. The maximum Gasteiger partial charge on any atom is 0.410 e. The number of hydrogen-bond donors (Lipinski definition) is 1. The van der Waals surface area contributed by atoms with E-state index in [9.17, 15) is 4.79 Å². The van der Waals surface area contributed by atoms with Crippen LogP contribution in [0, 0.1) is 5.41 Å². The number of rotatable bonds is 7. The largest absolute Gasteiger partial charge is 0.444 e. The van der Waals surface area contributed by atoms with E-state index in [0.29, 0.717) is 13.1 Å². The highest BCUT2D eigenvalue weighted by atomic mass is 35.5. The normalized spacial score (nSPS) is 16.8. The molecule has 1 amide bonds. The highest BCUT2D eigenvalue weighted by Crippen LogP contribution is 2.32. The van der Waals surface area contributed by atoms with Gasteiger partial charge in [-0.05, 0) is 57.9 Å². The van der Waals surface area contributed by atoms with Gasteiger partial charge in [0.1, 0.15) is 5.60 Å². The van der Waals surface area contributed by atoms with Crippen LogP contribution in [0.25, 0.3) is 0 Å². The highest BCUT2D eigenvalue weighted by molar-refractivity contribution is 6.31. The Morgan fingerprint density at radius 3 is 2.48 bits per heavy atom. The van der Waals surface area contributed by atoms with Gasteiger partial charge >= 0.3 is 6.09 Å². The minimum absolute atomic E-state index is 0.234. The molecule has 1 unspecified atom stereocenters. The van der Waals surface area contributed by atoms with Crippen LogP contribution in [0.5, 0.6) is 0 Å². The summed E-state index contributed by atoms with van der Waals surface area (Å²) in [6.45, 7) is 8.61. The third kappa shape index (κ3) is 6.82. The van der Waals surface area contributed by atoms with Crippen molar-refractivity contribution >= 4 is 23.9 Å². The Bertz CT molecular complexity index is 622. The van der Waals surface area contributed by atoms with Gasteiger partial charge in [0.05, 0.1) is 0 Å². The fraction of sp³-hybridized carbons (Fsp3) is 0.619. The zero-order valence-corrected chi connectivity index (χ0v) is 17.5. The van der Waals surface area contributed by atoms with E-state index >= 15 is 0 Å². The fourth-order valence-electron chi connectivity index (χ4n) is 3.41. The van der Waals surface area contributed by atoms with Gasteiger partial charge in [-0.1, -0.05) is 36.2 Å². The number of carbonyl (C=O) groups excluding carboxylic acids is 1. The van der Waals surface area contributed by atoms with E-state index in [-0.39, 0.29) is 12.1 Å². The number of halogens is 1. The average molecular weight is 394 g/mol. The molecule has 1 aliphatic heterocycles. The van der Waals surface area contributed by atoms with Crippen LogP contribution in [-0.2, 0) is 4.74 Å². The molecule has 0 radical (unpaired) electrons. The number of carbonyl (C=O) groups is 1. The first kappa shape index (κ1) is 21.7. The summed E-state index contributed by atoms with van der Waals surface area (Å²) >= 11 is 6.48. The van der Waals surface area contributed by atoms with Crippen molar-refractivity contribution in [1.29, 1.82) is 5.41 Å². The van der Waals surface area contributed by atoms with Crippen molar-refractivity contribution in [2.24, 2.45) is 0 Å². The van der Waals surface area contributed by atoms with Crippen LogP contribution in [0.4, 0.5) is 4.79 Å². The molecular formula is C21H32ClN3O2. The summed E-state index contributed by atoms with van der Waals surface area (Å²) in [6.07, 6.45) is 5.14. The maximum atomic E-state index is 12.3. The zero-order valence-electron chi connectivity index (χ0n) is 16.7. The van der Waals surface area contributed by atoms with Gasteiger partial charge in [-0.15, -0.1) is 0 Å². The van der Waals surface area contributed by atoms with E-state index in [2.05, 4.69) is 11.0 Å². The molecule has 1 N–H and O–H groups in total. The molecule has 0 spiro atoms. The van der Waals surface area contributed by atoms with Gasteiger partial charge in [-0.3, -0.25) is 4.90 Å². The second-order valence-corrected chi connectivity index (χ2v) is 8.44. The van der Waals surface area contributed by atoms with Crippen LogP contribution in [0.3, 0.4) is 0 Å². The van der Waals surface area contributed by atoms with Crippen molar-refractivity contribution in [2.45, 2.75) is 58.1 Å².